The van der Waals surface area contributed by atoms with E-state index in [-0.39, 0.29) is 11.5 Å². The van der Waals surface area contributed by atoms with Crippen LogP contribution in [-0.2, 0) is 11.2 Å². The lowest BCUT2D eigenvalue weighted by Crippen LogP contribution is -2.33. The molecule has 0 spiro atoms. The van der Waals surface area contributed by atoms with Gasteiger partial charge in [-0.2, -0.15) is 0 Å². The lowest BCUT2D eigenvalue weighted by molar-refractivity contribution is -0.0488. The fraction of sp³-hybridized carbons (Fsp3) is 0.500. The molecule has 1 aliphatic heterocycles. The monoisotopic (exact) mass is 264 g/mol. The van der Waals surface area contributed by atoms with Gasteiger partial charge in [0.05, 0.1) is 12.2 Å². The zero-order valence-electron chi connectivity index (χ0n) is 10.7. The molecule has 0 radical (unpaired) electrons. The molecule has 1 aromatic carbocycles. The van der Waals surface area contributed by atoms with Gasteiger partial charge in [-0.25, -0.2) is 0 Å². The van der Waals surface area contributed by atoms with Crippen molar-refractivity contribution in [2.75, 3.05) is 0 Å². The van der Waals surface area contributed by atoms with E-state index < -0.39 is 0 Å². The van der Waals surface area contributed by atoms with Crippen molar-refractivity contribution >= 4 is 11.6 Å². The van der Waals surface area contributed by atoms with Crippen molar-refractivity contribution in [3.05, 3.63) is 48.6 Å². The minimum absolute atomic E-state index is 0.254. The van der Waals surface area contributed by atoms with E-state index in [1.165, 1.54) is 5.56 Å². The van der Waals surface area contributed by atoms with Gasteiger partial charge in [-0.15, -0.1) is 18.2 Å². The van der Waals surface area contributed by atoms with Gasteiger partial charge >= 0.3 is 0 Å². The van der Waals surface area contributed by atoms with Gasteiger partial charge in [-0.05, 0) is 37.7 Å². The van der Waals surface area contributed by atoms with Gasteiger partial charge < -0.3 is 4.74 Å². The molecular weight excluding hydrogens is 244 g/mol. The second-order valence-corrected chi connectivity index (χ2v) is 5.61. The van der Waals surface area contributed by atoms with Crippen LogP contribution in [0.3, 0.4) is 0 Å². The van der Waals surface area contributed by atoms with Gasteiger partial charge in [0.25, 0.3) is 0 Å². The van der Waals surface area contributed by atoms with E-state index in [0.29, 0.717) is 6.10 Å². The van der Waals surface area contributed by atoms with Crippen LogP contribution in [0.15, 0.2) is 43.0 Å². The molecule has 1 saturated heterocycles. The third-order valence-corrected chi connectivity index (χ3v) is 3.81. The Morgan fingerprint density at radius 2 is 1.94 bits per heavy atom. The summed E-state index contributed by atoms with van der Waals surface area (Å²) < 4.78 is 6.06. The van der Waals surface area contributed by atoms with Gasteiger partial charge in [0.2, 0.25) is 0 Å². The summed E-state index contributed by atoms with van der Waals surface area (Å²) in [5, 5.41) is 0.254. The maximum absolute atomic E-state index is 6.31. The predicted molar refractivity (Wildman–Crippen MR) is 77.1 cm³/mol. The molecule has 0 amide bonds. The number of halogens is 1. The molecule has 98 valence electrons. The SMILES string of the molecule is C=CC[C@@H]1C[C@H](Cl)C[C@H](CCc2ccccc2)O1. The number of aryl methyl sites for hydroxylation is 1. The first-order chi connectivity index (χ1) is 8.78. The molecule has 1 aromatic rings. The normalized spacial score (nSPS) is 27.9. The fourth-order valence-corrected chi connectivity index (χ4v) is 2.94. The number of ether oxygens (including phenoxy) is 1. The van der Waals surface area contributed by atoms with Crippen LogP contribution in [-0.4, -0.2) is 17.6 Å². The Balaban J connectivity index is 1.83. The Labute approximate surface area is 115 Å². The van der Waals surface area contributed by atoms with Crippen LogP contribution in [0.5, 0.6) is 0 Å². The minimum atomic E-state index is 0.254. The maximum Gasteiger partial charge on any atom is 0.0627 e. The summed E-state index contributed by atoms with van der Waals surface area (Å²) in [6.45, 7) is 3.78. The minimum Gasteiger partial charge on any atom is -0.375 e. The first kappa shape index (κ1) is 13.6. The molecule has 0 saturated carbocycles. The lowest BCUT2D eigenvalue weighted by Gasteiger charge is -2.32. The van der Waals surface area contributed by atoms with Crippen molar-refractivity contribution in [3.8, 4) is 0 Å². The fourth-order valence-electron chi connectivity index (χ4n) is 2.55. The van der Waals surface area contributed by atoms with Gasteiger partial charge in [0, 0.05) is 5.38 Å². The Morgan fingerprint density at radius 1 is 1.22 bits per heavy atom. The standard InChI is InChI=1S/C16H21ClO/c1-2-6-15-11-14(17)12-16(18-15)10-9-13-7-4-3-5-8-13/h2-5,7-8,14-16H,1,6,9-12H2/t14-,15+,16-/m0/s1. The van der Waals surface area contributed by atoms with Crippen molar-refractivity contribution < 1.29 is 4.74 Å². The Hall–Kier alpha value is -0.790. The largest absolute Gasteiger partial charge is 0.375 e. The van der Waals surface area contributed by atoms with Crippen molar-refractivity contribution in [1.29, 1.82) is 0 Å². The zero-order chi connectivity index (χ0) is 12.8. The van der Waals surface area contributed by atoms with Crippen molar-refractivity contribution in [2.24, 2.45) is 0 Å². The number of rotatable bonds is 5. The highest BCUT2D eigenvalue weighted by Gasteiger charge is 2.27. The summed E-state index contributed by atoms with van der Waals surface area (Å²) in [4.78, 5) is 0. The van der Waals surface area contributed by atoms with E-state index >= 15 is 0 Å². The maximum atomic E-state index is 6.31. The summed E-state index contributed by atoms with van der Waals surface area (Å²) in [6, 6.07) is 10.6. The van der Waals surface area contributed by atoms with Crippen molar-refractivity contribution in [1.82, 2.24) is 0 Å². The lowest BCUT2D eigenvalue weighted by atomic mass is 9.97. The third kappa shape index (κ3) is 4.15. The van der Waals surface area contributed by atoms with Crippen LogP contribution in [0, 0.1) is 0 Å². The molecule has 0 aromatic heterocycles. The highest BCUT2D eigenvalue weighted by atomic mass is 35.5. The Morgan fingerprint density at radius 3 is 2.67 bits per heavy atom. The van der Waals surface area contributed by atoms with Crippen LogP contribution < -0.4 is 0 Å². The van der Waals surface area contributed by atoms with E-state index in [4.69, 9.17) is 16.3 Å². The predicted octanol–water partition coefficient (Wildman–Crippen LogP) is 4.35. The first-order valence-electron chi connectivity index (χ1n) is 6.72. The van der Waals surface area contributed by atoms with E-state index in [1.54, 1.807) is 0 Å². The number of hydrogen-bond donors (Lipinski definition) is 0. The summed E-state index contributed by atoms with van der Waals surface area (Å²) in [6.07, 6.45) is 7.44. The molecule has 0 aliphatic carbocycles. The van der Waals surface area contributed by atoms with Gasteiger partial charge in [0.15, 0.2) is 0 Å². The molecule has 1 heterocycles. The highest BCUT2D eigenvalue weighted by Crippen LogP contribution is 2.28. The zero-order valence-corrected chi connectivity index (χ0v) is 11.5. The van der Waals surface area contributed by atoms with E-state index in [9.17, 15) is 0 Å². The Kier molecular flexibility index (Phi) is 5.27. The molecule has 0 N–H and O–H groups in total. The second kappa shape index (κ2) is 6.96. The number of alkyl halides is 1. The molecule has 1 nitrogen and oxygen atoms in total. The molecule has 1 aliphatic rings. The average molecular weight is 265 g/mol. The van der Waals surface area contributed by atoms with E-state index in [1.807, 2.05) is 6.08 Å². The van der Waals surface area contributed by atoms with Crippen LogP contribution in [0.2, 0.25) is 0 Å². The summed E-state index contributed by atoms with van der Waals surface area (Å²) in [7, 11) is 0. The van der Waals surface area contributed by atoms with E-state index in [0.717, 1.165) is 32.1 Å². The summed E-state index contributed by atoms with van der Waals surface area (Å²) in [5.41, 5.74) is 1.37. The van der Waals surface area contributed by atoms with Crippen molar-refractivity contribution in [2.45, 2.75) is 49.7 Å². The molecule has 2 heteroatoms. The molecule has 1 fully saturated rings. The Bertz CT molecular complexity index is 363. The van der Waals surface area contributed by atoms with Crippen LogP contribution in [0.4, 0.5) is 0 Å². The molecule has 3 atom stereocenters. The van der Waals surface area contributed by atoms with Gasteiger partial charge in [-0.1, -0.05) is 36.4 Å². The van der Waals surface area contributed by atoms with Crippen LogP contribution >= 0.6 is 11.6 Å². The number of hydrogen-bond acceptors (Lipinski definition) is 1. The molecule has 0 unspecified atom stereocenters. The quantitative estimate of drug-likeness (QED) is 0.567. The molecule has 18 heavy (non-hydrogen) atoms. The molecule has 0 bridgehead atoms. The second-order valence-electron chi connectivity index (χ2n) is 5.00. The summed E-state index contributed by atoms with van der Waals surface area (Å²) in [5.74, 6) is 0. The average Bonchev–Trinajstić information content (AvgIpc) is 2.37. The third-order valence-electron chi connectivity index (χ3n) is 3.45. The smallest absolute Gasteiger partial charge is 0.0627 e. The molecular formula is C16H21ClO. The number of benzene rings is 1. The highest BCUT2D eigenvalue weighted by molar-refractivity contribution is 6.20. The summed E-state index contributed by atoms with van der Waals surface area (Å²) >= 11 is 6.31. The van der Waals surface area contributed by atoms with Crippen LogP contribution in [0.25, 0.3) is 0 Å². The van der Waals surface area contributed by atoms with Gasteiger partial charge in [0.1, 0.15) is 0 Å². The van der Waals surface area contributed by atoms with Crippen molar-refractivity contribution in [3.63, 3.8) is 0 Å². The molecule has 2 rings (SSSR count). The van der Waals surface area contributed by atoms with Gasteiger partial charge in [-0.3, -0.25) is 0 Å². The van der Waals surface area contributed by atoms with E-state index in [2.05, 4.69) is 36.9 Å². The van der Waals surface area contributed by atoms with Crippen LogP contribution in [0.1, 0.15) is 31.2 Å². The first-order valence-corrected chi connectivity index (χ1v) is 7.16. The topological polar surface area (TPSA) is 9.23 Å².